The number of carbonyl (C=O) groups is 2. The molecule has 0 atom stereocenters. The highest BCUT2D eigenvalue weighted by molar-refractivity contribution is 7.17. The van der Waals surface area contributed by atoms with Crippen molar-refractivity contribution in [2.75, 3.05) is 33.2 Å². The number of para-hydroxylation sites is 1. The predicted molar refractivity (Wildman–Crippen MR) is 132 cm³/mol. The predicted octanol–water partition coefficient (Wildman–Crippen LogP) is 4.64. The minimum absolute atomic E-state index is 0.208. The molecule has 4 rings (SSSR count). The average molecular weight is 462 g/mol. The van der Waals surface area contributed by atoms with Crippen molar-refractivity contribution in [3.8, 4) is 10.6 Å². The number of hydrogen-bond donors (Lipinski definition) is 0. The van der Waals surface area contributed by atoms with Gasteiger partial charge in [0, 0.05) is 31.4 Å². The summed E-state index contributed by atoms with van der Waals surface area (Å²) in [5, 5.41) is 1.86. The first-order valence-corrected chi connectivity index (χ1v) is 11.2. The molecule has 2 heterocycles. The van der Waals surface area contributed by atoms with E-state index in [1.54, 1.807) is 0 Å². The third-order valence-corrected chi connectivity index (χ3v) is 6.88. The molecule has 2 aromatic rings. The fourth-order valence-corrected chi connectivity index (χ4v) is 5.13. The van der Waals surface area contributed by atoms with Gasteiger partial charge in [-0.05, 0) is 23.8 Å². The fraction of sp³-hybridized carbons (Fsp3) is 0.192. The molecular weight excluding hydrogens is 436 g/mol. The van der Waals surface area contributed by atoms with E-state index in [9.17, 15) is 9.59 Å². The van der Waals surface area contributed by atoms with Gasteiger partial charge < -0.3 is 14.4 Å². The van der Waals surface area contributed by atoms with Crippen molar-refractivity contribution in [2.24, 2.45) is 7.05 Å². The molecule has 168 valence electrons. The van der Waals surface area contributed by atoms with Gasteiger partial charge in [-0.25, -0.2) is 9.59 Å². The fourth-order valence-electron chi connectivity index (χ4n) is 3.92. The van der Waals surface area contributed by atoms with Crippen LogP contribution in [-0.4, -0.2) is 40.3 Å². The molecule has 0 aliphatic carbocycles. The highest BCUT2D eigenvalue weighted by atomic mass is 32.1. The number of hydrogen-bond acceptors (Lipinski definition) is 6. The van der Waals surface area contributed by atoms with Gasteiger partial charge in [0.05, 0.1) is 30.7 Å². The quantitative estimate of drug-likeness (QED) is 0.320. The van der Waals surface area contributed by atoms with Gasteiger partial charge in [0.25, 0.3) is 5.01 Å². The first-order chi connectivity index (χ1) is 15.9. The van der Waals surface area contributed by atoms with Crippen LogP contribution in [0.4, 0.5) is 5.69 Å². The number of fused-ring (bicyclic) bond motifs is 3. The highest BCUT2D eigenvalue weighted by Crippen LogP contribution is 2.41. The van der Waals surface area contributed by atoms with E-state index in [-0.39, 0.29) is 10.4 Å². The summed E-state index contributed by atoms with van der Waals surface area (Å²) in [5.74, 6) is -1.15. The Kier molecular flexibility index (Phi) is 6.16. The van der Waals surface area contributed by atoms with Crippen LogP contribution in [0, 0.1) is 0 Å². The lowest BCUT2D eigenvalue weighted by Crippen LogP contribution is -2.28. The van der Waals surface area contributed by atoms with Crippen LogP contribution in [0.5, 0.6) is 0 Å². The Morgan fingerprint density at radius 2 is 1.61 bits per heavy atom. The zero-order valence-electron chi connectivity index (χ0n) is 19.2. The van der Waals surface area contributed by atoms with Crippen LogP contribution in [0.15, 0.2) is 48.5 Å². The van der Waals surface area contributed by atoms with Gasteiger partial charge in [-0.3, -0.25) is 0 Å². The second-order valence-electron chi connectivity index (χ2n) is 7.78. The van der Waals surface area contributed by atoms with Gasteiger partial charge in [0.15, 0.2) is 0 Å². The van der Waals surface area contributed by atoms with Crippen LogP contribution in [0.3, 0.4) is 0 Å². The summed E-state index contributed by atoms with van der Waals surface area (Å²) in [7, 11) is 8.56. The van der Waals surface area contributed by atoms with Crippen molar-refractivity contribution in [1.29, 1.82) is 0 Å². The van der Waals surface area contributed by atoms with Crippen molar-refractivity contribution < 1.29 is 23.6 Å². The molecule has 0 fully saturated rings. The Morgan fingerprint density at radius 3 is 2.24 bits per heavy atom. The molecule has 33 heavy (non-hydrogen) atoms. The van der Waals surface area contributed by atoms with Crippen LogP contribution in [-0.2, 0) is 16.5 Å². The number of esters is 2. The smallest absolute Gasteiger partial charge is 0.349 e. The van der Waals surface area contributed by atoms with Crippen LogP contribution in [0.1, 0.15) is 31.2 Å². The van der Waals surface area contributed by atoms with Crippen molar-refractivity contribution in [2.45, 2.75) is 0 Å². The number of aromatic nitrogens is 1. The lowest BCUT2D eigenvalue weighted by molar-refractivity contribution is -0.628. The molecule has 0 saturated heterocycles. The standard InChI is InChI=1S/C26H25N2O4S/c1-27(2)17-13-10-16(11-14-17)12-15-19-21-18-8-6-7-9-20(18)28(3)24(21)33-23(26(30)32-5)22(19)25(29)31-4/h6-15H,1-5H3/q+1. The zero-order chi connectivity index (χ0) is 23.7. The molecular formula is C26H25N2O4S+. The van der Waals surface area contributed by atoms with Gasteiger partial charge in [0.2, 0.25) is 5.52 Å². The van der Waals surface area contributed by atoms with E-state index in [0.29, 0.717) is 5.56 Å². The summed E-state index contributed by atoms with van der Waals surface area (Å²) in [4.78, 5) is 27.9. The van der Waals surface area contributed by atoms with Crippen LogP contribution >= 0.6 is 11.3 Å². The number of anilines is 1. The van der Waals surface area contributed by atoms with E-state index >= 15 is 0 Å². The molecule has 0 radical (unpaired) electrons. The van der Waals surface area contributed by atoms with E-state index < -0.39 is 11.9 Å². The molecule has 0 saturated carbocycles. The van der Waals surface area contributed by atoms with Crippen molar-refractivity contribution in [3.05, 3.63) is 70.1 Å². The molecule has 6 nitrogen and oxygen atoms in total. The average Bonchev–Trinajstić information content (AvgIpc) is 3.13. The minimum atomic E-state index is -0.580. The lowest BCUT2D eigenvalue weighted by atomic mass is 9.99. The second kappa shape index (κ2) is 9.03. The van der Waals surface area contributed by atoms with E-state index in [1.807, 2.05) is 91.3 Å². The van der Waals surface area contributed by atoms with Crippen LogP contribution < -0.4 is 9.47 Å². The number of ether oxygens (including phenoxy) is 2. The second-order valence-corrected chi connectivity index (χ2v) is 8.78. The molecule has 0 bridgehead atoms. The zero-order valence-corrected chi connectivity index (χ0v) is 20.0. The SMILES string of the molecule is COC(=O)c1sc2[n+](C)c3ccccc3c-2c(/C=C/c2ccc(N(C)C)cc2)c1C(=O)OC. The van der Waals surface area contributed by atoms with Crippen LogP contribution in [0.2, 0.25) is 0 Å². The summed E-state index contributed by atoms with van der Waals surface area (Å²) >= 11 is 1.23. The van der Waals surface area contributed by atoms with Crippen molar-refractivity contribution >= 4 is 52.0 Å². The van der Waals surface area contributed by atoms with Gasteiger partial charge >= 0.3 is 11.9 Å². The third kappa shape index (κ3) is 3.96. The summed E-state index contributed by atoms with van der Waals surface area (Å²) in [6.07, 6.45) is 3.82. The largest absolute Gasteiger partial charge is 0.465 e. The lowest BCUT2D eigenvalue weighted by Gasteiger charge is -2.13. The maximum atomic E-state index is 12.9. The molecule has 0 aromatic heterocycles. The van der Waals surface area contributed by atoms with Gasteiger partial charge in [-0.2, -0.15) is 4.57 Å². The molecule has 0 amide bonds. The summed E-state index contributed by atoms with van der Waals surface area (Å²) in [6, 6.07) is 16.1. The molecule has 2 aliphatic rings. The molecule has 2 aliphatic heterocycles. The first-order valence-electron chi connectivity index (χ1n) is 10.4. The van der Waals surface area contributed by atoms with Crippen molar-refractivity contribution in [3.63, 3.8) is 0 Å². The summed E-state index contributed by atoms with van der Waals surface area (Å²) < 4.78 is 12.1. The van der Waals surface area contributed by atoms with E-state index in [1.165, 1.54) is 25.6 Å². The Labute approximate surface area is 196 Å². The van der Waals surface area contributed by atoms with Gasteiger partial charge in [0.1, 0.15) is 11.9 Å². The number of rotatable bonds is 5. The maximum absolute atomic E-state index is 12.9. The molecule has 0 spiro atoms. The maximum Gasteiger partial charge on any atom is 0.349 e. The molecule has 2 aromatic carbocycles. The first kappa shape index (κ1) is 22.5. The summed E-state index contributed by atoms with van der Waals surface area (Å²) in [6.45, 7) is 0. The van der Waals surface area contributed by atoms with E-state index in [2.05, 4.69) is 0 Å². The number of methoxy groups -OCH3 is 2. The Morgan fingerprint density at radius 1 is 0.939 bits per heavy atom. The third-order valence-electron chi connectivity index (χ3n) is 5.63. The molecule has 0 N–H and O–H groups in total. The Bertz CT molecular complexity index is 1350. The highest BCUT2D eigenvalue weighted by Gasteiger charge is 2.34. The van der Waals surface area contributed by atoms with Gasteiger partial charge in [-0.1, -0.05) is 47.8 Å². The number of benzene rings is 2. The van der Waals surface area contributed by atoms with E-state index in [4.69, 9.17) is 9.47 Å². The number of carbonyl (C=O) groups excluding carboxylic acids is 2. The Hall–Kier alpha value is -3.71. The van der Waals surface area contributed by atoms with Crippen LogP contribution in [0.25, 0.3) is 33.6 Å². The van der Waals surface area contributed by atoms with Crippen molar-refractivity contribution in [1.82, 2.24) is 0 Å². The monoisotopic (exact) mass is 461 g/mol. The molecule has 0 unspecified atom stereocenters. The minimum Gasteiger partial charge on any atom is -0.465 e. The number of nitrogens with zero attached hydrogens (tertiary/aromatic N) is 2. The summed E-state index contributed by atoms with van der Waals surface area (Å²) in [5.41, 5.74) is 4.80. The Balaban J connectivity index is 2.03. The van der Waals surface area contributed by atoms with Gasteiger partial charge in [-0.15, -0.1) is 0 Å². The normalized spacial score (nSPS) is 11.3. The molecule has 7 heteroatoms. The number of aryl methyl sites for hydroxylation is 1. The van der Waals surface area contributed by atoms with E-state index in [0.717, 1.165) is 32.7 Å². The topological polar surface area (TPSA) is 59.7 Å².